The quantitative estimate of drug-likeness (QED) is 0.484. The molecule has 5 nitrogen and oxygen atoms in total. The number of benzene rings is 3. The fourth-order valence-corrected chi connectivity index (χ4v) is 3.85. The molecule has 7 heteroatoms. The second-order valence-corrected chi connectivity index (χ2v) is 7.68. The molecular weight excluding hydrogens is 435 g/mol. The van der Waals surface area contributed by atoms with E-state index in [-0.39, 0.29) is 16.3 Å². The minimum atomic E-state index is -0.467. The van der Waals surface area contributed by atoms with E-state index >= 15 is 0 Å². The monoisotopic (exact) mass is 452 g/mol. The van der Waals surface area contributed by atoms with Crippen LogP contribution in [0.5, 0.6) is 5.75 Å². The first-order valence-electron chi connectivity index (χ1n) is 9.44. The fraction of sp³-hybridized carbons (Fsp3) is 0.0833. The number of halogens is 2. The first kappa shape index (κ1) is 21.0. The van der Waals surface area contributed by atoms with E-state index in [1.807, 2.05) is 36.4 Å². The number of amides is 2. The molecule has 2 amide bonds. The predicted molar refractivity (Wildman–Crippen MR) is 124 cm³/mol. The lowest BCUT2D eigenvalue weighted by molar-refractivity contribution is -0.120. The van der Waals surface area contributed by atoms with Gasteiger partial charge in [0.25, 0.3) is 11.8 Å². The van der Waals surface area contributed by atoms with Gasteiger partial charge in [0.2, 0.25) is 0 Å². The largest absolute Gasteiger partial charge is 0.496 e. The van der Waals surface area contributed by atoms with Crippen molar-refractivity contribution in [2.45, 2.75) is 0 Å². The van der Waals surface area contributed by atoms with Gasteiger partial charge in [-0.1, -0.05) is 59.6 Å². The van der Waals surface area contributed by atoms with Gasteiger partial charge in [-0.3, -0.25) is 9.59 Å². The predicted octanol–water partition coefficient (Wildman–Crippen LogP) is 5.42. The standard InChI is InChI=1S/C24H18Cl2N2O3/c1-27(15-8-4-3-5-9-15)22-21(17-10-6-7-11-20(17)31-2)23(29)28(24(22)30)16-12-13-18(25)19(26)14-16/h3-14H,1-2H3. The summed E-state index contributed by atoms with van der Waals surface area (Å²) >= 11 is 12.2. The normalized spacial score (nSPS) is 13.7. The van der Waals surface area contributed by atoms with Crippen molar-refractivity contribution in [3.8, 4) is 5.75 Å². The Balaban J connectivity index is 1.92. The molecule has 0 N–H and O–H groups in total. The maximum Gasteiger partial charge on any atom is 0.282 e. The van der Waals surface area contributed by atoms with Gasteiger partial charge in [-0.05, 0) is 36.4 Å². The van der Waals surface area contributed by atoms with Gasteiger partial charge in [0.05, 0.1) is 28.4 Å². The zero-order chi connectivity index (χ0) is 22.1. The molecule has 4 rings (SSSR count). The number of hydrogen-bond donors (Lipinski definition) is 0. The molecule has 0 atom stereocenters. The van der Waals surface area contributed by atoms with Gasteiger partial charge >= 0.3 is 0 Å². The summed E-state index contributed by atoms with van der Waals surface area (Å²) in [6.07, 6.45) is 0. The van der Waals surface area contributed by atoms with E-state index < -0.39 is 11.8 Å². The van der Waals surface area contributed by atoms with Crippen LogP contribution in [0.15, 0.2) is 78.5 Å². The second-order valence-electron chi connectivity index (χ2n) is 6.86. The fourth-order valence-electron chi connectivity index (χ4n) is 3.56. The molecule has 0 fully saturated rings. The Morgan fingerprint density at radius 2 is 1.52 bits per heavy atom. The van der Waals surface area contributed by atoms with Crippen LogP contribution in [0.2, 0.25) is 10.0 Å². The summed E-state index contributed by atoms with van der Waals surface area (Å²) in [5.74, 6) is -0.435. The van der Waals surface area contributed by atoms with Crippen LogP contribution in [0.1, 0.15) is 5.56 Å². The molecule has 31 heavy (non-hydrogen) atoms. The van der Waals surface area contributed by atoms with E-state index in [4.69, 9.17) is 27.9 Å². The highest BCUT2D eigenvalue weighted by molar-refractivity contribution is 6.47. The smallest absolute Gasteiger partial charge is 0.282 e. The van der Waals surface area contributed by atoms with Crippen LogP contribution < -0.4 is 14.5 Å². The van der Waals surface area contributed by atoms with Gasteiger partial charge in [-0.25, -0.2) is 4.90 Å². The number of rotatable bonds is 5. The van der Waals surface area contributed by atoms with Crippen molar-refractivity contribution in [2.75, 3.05) is 24.0 Å². The van der Waals surface area contributed by atoms with Crippen LogP contribution in [0.3, 0.4) is 0 Å². The number of carbonyl (C=O) groups is 2. The van der Waals surface area contributed by atoms with Crippen LogP contribution in [-0.4, -0.2) is 26.0 Å². The van der Waals surface area contributed by atoms with Crippen molar-refractivity contribution >= 4 is 52.0 Å². The molecule has 156 valence electrons. The molecule has 3 aromatic carbocycles. The number of para-hydroxylation sites is 2. The summed E-state index contributed by atoms with van der Waals surface area (Å²) in [4.78, 5) is 30.0. The first-order valence-corrected chi connectivity index (χ1v) is 10.2. The number of imide groups is 1. The summed E-state index contributed by atoms with van der Waals surface area (Å²) in [5, 5.41) is 0.590. The lowest BCUT2D eigenvalue weighted by atomic mass is 10.0. The number of hydrogen-bond acceptors (Lipinski definition) is 4. The molecule has 0 saturated heterocycles. The van der Waals surface area contributed by atoms with E-state index in [2.05, 4.69) is 0 Å². The molecule has 1 heterocycles. The average molecular weight is 453 g/mol. The molecule has 3 aromatic rings. The number of nitrogens with zero attached hydrogens (tertiary/aromatic N) is 2. The molecule has 0 saturated carbocycles. The molecule has 1 aliphatic heterocycles. The summed E-state index contributed by atoms with van der Waals surface area (Å²) < 4.78 is 5.48. The Kier molecular flexibility index (Phi) is 5.72. The molecule has 0 unspecified atom stereocenters. The first-order chi connectivity index (χ1) is 14.9. The van der Waals surface area contributed by atoms with Crippen molar-refractivity contribution in [2.24, 2.45) is 0 Å². The van der Waals surface area contributed by atoms with Crippen LogP contribution in [0.4, 0.5) is 11.4 Å². The Hall–Kier alpha value is -3.28. The molecule has 0 bridgehead atoms. The molecule has 0 radical (unpaired) electrons. The van der Waals surface area contributed by atoms with E-state index in [0.717, 1.165) is 10.6 Å². The van der Waals surface area contributed by atoms with Crippen molar-refractivity contribution < 1.29 is 14.3 Å². The number of likely N-dealkylation sites (N-methyl/N-ethyl adjacent to an activating group) is 1. The second kappa shape index (κ2) is 8.46. The Morgan fingerprint density at radius 3 is 2.19 bits per heavy atom. The van der Waals surface area contributed by atoms with Gasteiger partial charge in [0.1, 0.15) is 11.4 Å². The maximum atomic E-state index is 13.6. The lowest BCUT2D eigenvalue weighted by Gasteiger charge is -2.22. The Morgan fingerprint density at radius 1 is 0.839 bits per heavy atom. The van der Waals surface area contributed by atoms with Gasteiger partial charge in [-0.15, -0.1) is 0 Å². The number of carbonyl (C=O) groups excluding carboxylic acids is 2. The van der Waals surface area contributed by atoms with Gasteiger partial charge < -0.3 is 9.64 Å². The van der Waals surface area contributed by atoms with Crippen LogP contribution in [0, 0.1) is 0 Å². The third-order valence-corrected chi connectivity index (χ3v) is 5.82. The number of methoxy groups -OCH3 is 1. The highest BCUT2D eigenvalue weighted by Gasteiger charge is 2.43. The van der Waals surface area contributed by atoms with E-state index in [0.29, 0.717) is 22.0 Å². The van der Waals surface area contributed by atoms with Crippen molar-refractivity contribution in [3.05, 3.63) is 94.1 Å². The number of anilines is 2. The molecule has 1 aliphatic rings. The van der Waals surface area contributed by atoms with Crippen molar-refractivity contribution in [1.82, 2.24) is 0 Å². The van der Waals surface area contributed by atoms with Crippen molar-refractivity contribution in [1.29, 1.82) is 0 Å². The Labute approximate surface area is 190 Å². The third kappa shape index (κ3) is 3.67. The lowest BCUT2D eigenvalue weighted by Crippen LogP contribution is -2.34. The Bertz CT molecular complexity index is 1210. The van der Waals surface area contributed by atoms with Crippen LogP contribution >= 0.6 is 23.2 Å². The van der Waals surface area contributed by atoms with E-state index in [9.17, 15) is 9.59 Å². The van der Waals surface area contributed by atoms with Gasteiger partial charge in [-0.2, -0.15) is 0 Å². The van der Waals surface area contributed by atoms with E-state index in [1.54, 1.807) is 42.3 Å². The SMILES string of the molecule is COc1ccccc1C1=C(N(C)c2ccccc2)C(=O)N(c2ccc(Cl)c(Cl)c2)C1=O. The van der Waals surface area contributed by atoms with Gasteiger partial charge in [0, 0.05) is 18.3 Å². The highest BCUT2D eigenvalue weighted by Crippen LogP contribution is 2.40. The maximum absolute atomic E-state index is 13.6. The molecule has 0 aromatic heterocycles. The van der Waals surface area contributed by atoms with Gasteiger partial charge in [0.15, 0.2) is 0 Å². The highest BCUT2D eigenvalue weighted by atomic mass is 35.5. The topological polar surface area (TPSA) is 49.9 Å². The van der Waals surface area contributed by atoms with E-state index in [1.165, 1.54) is 13.2 Å². The zero-order valence-corrected chi connectivity index (χ0v) is 18.3. The molecule has 0 aliphatic carbocycles. The van der Waals surface area contributed by atoms with Crippen LogP contribution in [-0.2, 0) is 9.59 Å². The molecular formula is C24H18Cl2N2O3. The minimum Gasteiger partial charge on any atom is -0.496 e. The average Bonchev–Trinajstić information content (AvgIpc) is 3.05. The summed E-state index contributed by atoms with van der Waals surface area (Å²) in [5.41, 5.74) is 2.13. The number of ether oxygens (including phenoxy) is 1. The summed E-state index contributed by atoms with van der Waals surface area (Å²) in [7, 11) is 3.28. The minimum absolute atomic E-state index is 0.242. The third-order valence-electron chi connectivity index (χ3n) is 5.08. The summed E-state index contributed by atoms with van der Waals surface area (Å²) in [6, 6.07) is 21.1. The van der Waals surface area contributed by atoms with Crippen LogP contribution in [0.25, 0.3) is 5.57 Å². The van der Waals surface area contributed by atoms with Crippen molar-refractivity contribution in [3.63, 3.8) is 0 Å². The summed E-state index contributed by atoms with van der Waals surface area (Å²) in [6.45, 7) is 0. The zero-order valence-electron chi connectivity index (χ0n) is 16.8. The molecule has 0 spiro atoms.